The summed E-state index contributed by atoms with van der Waals surface area (Å²) in [7, 11) is 4.00. The first-order chi connectivity index (χ1) is 13.7. The number of fused-ring (bicyclic) bond motifs is 2. The van der Waals surface area contributed by atoms with E-state index in [0.29, 0.717) is 5.92 Å². The van der Waals surface area contributed by atoms with Gasteiger partial charge in [0.15, 0.2) is 11.5 Å². The minimum absolute atomic E-state index is 0.397. The second kappa shape index (κ2) is 7.38. The quantitative estimate of drug-likeness (QED) is 0.665. The Morgan fingerprint density at radius 3 is 2.86 bits per heavy atom. The summed E-state index contributed by atoms with van der Waals surface area (Å²) in [5, 5.41) is 14.7. The van der Waals surface area contributed by atoms with Crippen molar-refractivity contribution in [3.63, 3.8) is 0 Å². The molecule has 3 aromatic heterocycles. The molecule has 2 aliphatic rings. The standard InChI is InChI=1S/C19H25N7OS/c1-24(2)17-4-3-16-21-22-19(26(16)23-17)13-5-8-25(9-6-13)11-18-20-14-7-10-27-12-15(14)28-18/h3-4,13H,5-12H2,1-2H3. The number of hydrogen-bond donors (Lipinski definition) is 0. The van der Waals surface area contributed by atoms with E-state index in [4.69, 9.17) is 14.8 Å². The van der Waals surface area contributed by atoms with Gasteiger partial charge in [-0.3, -0.25) is 4.90 Å². The van der Waals surface area contributed by atoms with Crippen molar-refractivity contribution < 1.29 is 4.74 Å². The number of ether oxygens (including phenoxy) is 1. The van der Waals surface area contributed by atoms with Crippen LogP contribution in [-0.2, 0) is 24.3 Å². The fourth-order valence-electron chi connectivity index (χ4n) is 3.98. The molecule has 0 amide bonds. The number of anilines is 1. The number of thiazole rings is 1. The van der Waals surface area contributed by atoms with E-state index in [1.165, 1.54) is 15.6 Å². The van der Waals surface area contributed by atoms with Crippen LogP contribution in [0.2, 0.25) is 0 Å². The monoisotopic (exact) mass is 399 g/mol. The van der Waals surface area contributed by atoms with Gasteiger partial charge in [0.2, 0.25) is 0 Å². The molecule has 0 unspecified atom stereocenters. The molecule has 0 aromatic carbocycles. The van der Waals surface area contributed by atoms with Crippen molar-refractivity contribution in [2.24, 2.45) is 0 Å². The fourth-order valence-corrected chi connectivity index (χ4v) is 5.07. The van der Waals surface area contributed by atoms with Gasteiger partial charge < -0.3 is 9.64 Å². The van der Waals surface area contributed by atoms with Crippen LogP contribution in [0.4, 0.5) is 5.82 Å². The van der Waals surface area contributed by atoms with Crippen molar-refractivity contribution in [3.8, 4) is 0 Å². The van der Waals surface area contributed by atoms with Gasteiger partial charge in [-0.05, 0) is 38.1 Å². The number of piperidine rings is 1. The van der Waals surface area contributed by atoms with Gasteiger partial charge in [0.1, 0.15) is 10.8 Å². The Kier molecular flexibility index (Phi) is 4.73. The summed E-state index contributed by atoms with van der Waals surface area (Å²) in [5.41, 5.74) is 2.07. The zero-order valence-corrected chi connectivity index (χ0v) is 17.2. The maximum atomic E-state index is 5.55. The topological polar surface area (TPSA) is 71.7 Å². The Bertz CT molecular complexity index is 950. The molecule has 0 radical (unpaired) electrons. The Morgan fingerprint density at radius 2 is 2.07 bits per heavy atom. The van der Waals surface area contributed by atoms with Crippen molar-refractivity contribution in [2.75, 3.05) is 38.7 Å². The molecule has 9 heteroatoms. The van der Waals surface area contributed by atoms with E-state index in [2.05, 4.69) is 15.1 Å². The minimum atomic E-state index is 0.397. The minimum Gasteiger partial charge on any atom is -0.375 e. The van der Waals surface area contributed by atoms with Crippen LogP contribution in [-0.4, -0.2) is 63.5 Å². The van der Waals surface area contributed by atoms with Gasteiger partial charge in [0, 0.05) is 26.4 Å². The molecule has 0 saturated carbocycles. The van der Waals surface area contributed by atoms with Gasteiger partial charge in [-0.25, -0.2) is 4.98 Å². The molecule has 3 aromatic rings. The van der Waals surface area contributed by atoms with Crippen molar-refractivity contribution in [2.45, 2.75) is 38.3 Å². The molecule has 2 aliphatic heterocycles. The third kappa shape index (κ3) is 3.38. The molecule has 0 spiro atoms. The lowest BCUT2D eigenvalue weighted by Crippen LogP contribution is -2.33. The van der Waals surface area contributed by atoms with E-state index in [1.807, 2.05) is 47.0 Å². The molecular formula is C19H25N7OS. The second-order valence-electron chi connectivity index (χ2n) is 7.74. The van der Waals surface area contributed by atoms with Gasteiger partial charge in [0.05, 0.1) is 30.3 Å². The zero-order chi connectivity index (χ0) is 19.1. The highest BCUT2D eigenvalue weighted by Crippen LogP contribution is 2.29. The third-order valence-corrected chi connectivity index (χ3v) is 6.64. The van der Waals surface area contributed by atoms with Crippen LogP contribution in [0.5, 0.6) is 0 Å². The molecule has 28 heavy (non-hydrogen) atoms. The molecule has 5 heterocycles. The van der Waals surface area contributed by atoms with E-state index in [9.17, 15) is 0 Å². The number of likely N-dealkylation sites (tertiary alicyclic amines) is 1. The fraction of sp³-hybridized carbons (Fsp3) is 0.579. The normalized spacial score (nSPS) is 18.5. The molecule has 1 fully saturated rings. The van der Waals surface area contributed by atoms with E-state index in [0.717, 1.165) is 69.4 Å². The summed E-state index contributed by atoms with van der Waals surface area (Å²) in [5.74, 6) is 2.30. The Hall–Kier alpha value is -2.10. The Labute approximate surface area is 168 Å². The predicted octanol–water partition coefficient (Wildman–Crippen LogP) is 2.10. The molecule has 5 rings (SSSR count). The van der Waals surface area contributed by atoms with E-state index in [1.54, 1.807) is 0 Å². The van der Waals surface area contributed by atoms with Crippen LogP contribution in [0, 0.1) is 0 Å². The summed E-state index contributed by atoms with van der Waals surface area (Å²) in [6, 6.07) is 3.97. The maximum absolute atomic E-state index is 5.55. The third-order valence-electron chi connectivity index (χ3n) is 5.58. The zero-order valence-electron chi connectivity index (χ0n) is 16.3. The molecule has 8 nitrogen and oxygen atoms in total. The molecule has 0 N–H and O–H groups in total. The van der Waals surface area contributed by atoms with Crippen LogP contribution in [0.1, 0.15) is 40.2 Å². The molecule has 1 saturated heterocycles. The molecule has 0 bridgehead atoms. The van der Waals surface area contributed by atoms with Crippen molar-refractivity contribution in [3.05, 3.63) is 33.5 Å². The number of aromatic nitrogens is 5. The average molecular weight is 400 g/mol. The van der Waals surface area contributed by atoms with E-state index < -0.39 is 0 Å². The van der Waals surface area contributed by atoms with Gasteiger partial charge in [-0.2, -0.15) is 4.52 Å². The Balaban J connectivity index is 1.26. The number of hydrogen-bond acceptors (Lipinski definition) is 8. The first-order valence-electron chi connectivity index (χ1n) is 9.84. The highest BCUT2D eigenvalue weighted by atomic mass is 32.1. The summed E-state index contributed by atoms with van der Waals surface area (Å²) in [6.45, 7) is 4.57. The molecule has 0 atom stereocenters. The SMILES string of the molecule is CN(C)c1ccc2nnc(C3CCN(Cc4nc5c(s4)COCC5)CC3)n2n1. The smallest absolute Gasteiger partial charge is 0.178 e. The van der Waals surface area contributed by atoms with Gasteiger partial charge in [-0.15, -0.1) is 26.6 Å². The molecular weight excluding hydrogens is 374 g/mol. The van der Waals surface area contributed by atoms with Crippen molar-refractivity contribution in [1.82, 2.24) is 29.7 Å². The summed E-state index contributed by atoms with van der Waals surface area (Å²) in [6.07, 6.45) is 3.10. The molecule has 148 valence electrons. The van der Waals surface area contributed by atoms with Crippen LogP contribution in [0.25, 0.3) is 5.65 Å². The van der Waals surface area contributed by atoms with Crippen LogP contribution >= 0.6 is 11.3 Å². The first kappa shape index (κ1) is 18.0. The van der Waals surface area contributed by atoms with Crippen LogP contribution < -0.4 is 4.90 Å². The number of rotatable bonds is 4. The van der Waals surface area contributed by atoms with E-state index in [-0.39, 0.29) is 0 Å². The lowest BCUT2D eigenvalue weighted by Gasteiger charge is -2.30. The van der Waals surface area contributed by atoms with Crippen LogP contribution in [0.3, 0.4) is 0 Å². The predicted molar refractivity (Wildman–Crippen MR) is 108 cm³/mol. The van der Waals surface area contributed by atoms with Crippen molar-refractivity contribution >= 4 is 22.8 Å². The first-order valence-corrected chi connectivity index (χ1v) is 10.7. The van der Waals surface area contributed by atoms with Crippen LogP contribution in [0.15, 0.2) is 12.1 Å². The summed E-state index contributed by atoms with van der Waals surface area (Å²) in [4.78, 5) is 10.7. The molecule has 0 aliphatic carbocycles. The maximum Gasteiger partial charge on any atom is 0.178 e. The van der Waals surface area contributed by atoms with Crippen molar-refractivity contribution in [1.29, 1.82) is 0 Å². The largest absolute Gasteiger partial charge is 0.375 e. The Morgan fingerprint density at radius 1 is 1.21 bits per heavy atom. The number of nitrogens with zero attached hydrogens (tertiary/aromatic N) is 7. The highest BCUT2D eigenvalue weighted by Gasteiger charge is 2.26. The second-order valence-corrected chi connectivity index (χ2v) is 8.91. The van der Waals surface area contributed by atoms with E-state index >= 15 is 0 Å². The lowest BCUT2D eigenvalue weighted by atomic mass is 9.96. The average Bonchev–Trinajstić information content (AvgIpc) is 3.31. The van der Waals surface area contributed by atoms with Gasteiger partial charge in [-0.1, -0.05) is 0 Å². The lowest BCUT2D eigenvalue weighted by molar-refractivity contribution is 0.112. The van der Waals surface area contributed by atoms with Gasteiger partial charge in [0.25, 0.3) is 0 Å². The summed E-state index contributed by atoms with van der Waals surface area (Å²) >= 11 is 1.81. The summed E-state index contributed by atoms with van der Waals surface area (Å²) < 4.78 is 7.47. The van der Waals surface area contributed by atoms with Gasteiger partial charge >= 0.3 is 0 Å². The highest BCUT2D eigenvalue weighted by molar-refractivity contribution is 7.11.